The molecule has 2 N–H and O–H groups in total. The third kappa shape index (κ3) is 3.98. The van der Waals surface area contributed by atoms with Crippen LogP contribution in [0, 0.1) is 25.2 Å². The maximum absolute atomic E-state index is 9.52. The van der Waals surface area contributed by atoms with E-state index >= 15 is 0 Å². The molecule has 0 amide bonds. The third-order valence-corrected chi connectivity index (χ3v) is 5.52. The normalized spacial score (nSPS) is 11.0. The van der Waals surface area contributed by atoms with Gasteiger partial charge in [0.15, 0.2) is 11.5 Å². The van der Waals surface area contributed by atoms with E-state index in [0.29, 0.717) is 23.8 Å². The van der Waals surface area contributed by atoms with E-state index in [0.717, 1.165) is 39.4 Å². The molecule has 0 fully saturated rings. The smallest absolute Gasteiger partial charge is 0.163 e. The third-order valence-electron chi connectivity index (χ3n) is 5.52. The van der Waals surface area contributed by atoms with Crippen LogP contribution in [0.3, 0.4) is 0 Å². The Hall–Kier alpha value is -4.55. The van der Waals surface area contributed by atoms with Gasteiger partial charge in [0, 0.05) is 23.7 Å². The summed E-state index contributed by atoms with van der Waals surface area (Å²) in [7, 11) is 0. The highest BCUT2D eigenvalue weighted by molar-refractivity contribution is 5.82. The van der Waals surface area contributed by atoms with E-state index in [1.54, 1.807) is 23.3 Å². The van der Waals surface area contributed by atoms with Gasteiger partial charge in [0.1, 0.15) is 18.2 Å². The number of nitrogens with one attached hydrogen (secondary N) is 1. The van der Waals surface area contributed by atoms with Crippen molar-refractivity contribution in [2.24, 2.45) is 0 Å². The Morgan fingerprint density at radius 3 is 2.62 bits per heavy atom. The first-order chi connectivity index (χ1) is 16.6. The maximum atomic E-state index is 9.52. The average molecular weight is 451 g/mol. The molecule has 0 aliphatic rings. The summed E-state index contributed by atoms with van der Waals surface area (Å²) < 4.78 is 3.55. The Morgan fingerprint density at radius 2 is 1.88 bits per heavy atom. The molecule has 0 spiro atoms. The number of aryl methyl sites for hydroxylation is 2. The molecule has 5 aromatic rings. The predicted octanol–water partition coefficient (Wildman–Crippen LogP) is 3.77. The van der Waals surface area contributed by atoms with Gasteiger partial charge in [-0.25, -0.2) is 14.6 Å². The van der Waals surface area contributed by atoms with E-state index < -0.39 is 0 Å². The molecule has 0 radical (unpaired) electrons. The summed E-state index contributed by atoms with van der Waals surface area (Å²) in [5.74, 6) is 1.24. The fraction of sp³-hybridized carbons (Fsp3) is 0.160. The second kappa shape index (κ2) is 8.77. The van der Waals surface area contributed by atoms with Crippen LogP contribution < -0.4 is 5.32 Å². The molecule has 0 aliphatic carbocycles. The molecule has 0 saturated carbocycles. The second-order valence-electron chi connectivity index (χ2n) is 7.95. The van der Waals surface area contributed by atoms with Crippen molar-refractivity contribution >= 4 is 22.4 Å². The molecule has 9 nitrogen and oxygen atoms in total. The summed E-state index contributed by atoms with van der Waals surface area (Å²) in [5, 5.41) is 26.5. The van der Waals surface area contributed by atoms with Crippen LogP contribution in [0.25, 0.3) is 22.7 Å². The topological polar surface area (TPSA) is 117 Å². The summed E-state index contributed by atoms with van der Waals surface area (Å²) in [4.78, 5) is 13.7. The van der Waals surface area contributed by atoms with Crippen molar-refractivity contribution in [3.05, 3.63) is 83.7 Å². The van der Waals surface area contributed by atoms with Crippen LogP contribution in [0.4, 0.5) is 11.4 Å². The lowest BCUT2D eigenvalue weighted by Crippen LogP contribution is -2.10. The van der Waals surface area contributed by atoms with Gasteiger partial charge in [-0.2, -0.15) is 10.4 Å². The first kappa shape index (κ1) is 21.3. The van der Waals surface area contributed by atoms with Gasteiger partial charge in [-0.1, -0.05) is 6.07 Å². The Labute approximate surface area is 196 Å². The molecule has 4 aromatic heterocycles. The van der Waals surface area contributed by atoms with Crippen LogP contribution in [0.5, 0.6) is 0 Å². The van der Waals surface area contributed by atoms with Gasteiger partial charge in [0.25, 0.3) is 0 Å². The zero-order valence-corrected chi connectivity index (χ0v) is 18.8. The van der Waals surface area contributed by atoms with Gasteiger partial charge in [-0.05, 0) is 68.3 Å². The summed E-state index contributed by atoms with van der Waals surface area (Å²) in [6.45, 7) is 3.81. The Balaban J connectivity index is 1.53. The molecule has 0 bridgehead atoms. The SMILES string of the molecule is Cc1ccc(Nc2ccc3c(c2)ncn3-c2ccc(CCO)c(-n3nc(C#N)cc3C)n2)cn1. The summed E-state index contributed by atoms with van der Waals surface area (Å²) in [6, 6.07) is 17.5. The molecule has 0 saturated heterocycles. The van der Waals surface area contributed by atoms with Crippen molar-refractivity contribution < 1.29 is 5.11 Å². The molecule has 9 heteroatoms. The predicted molar refractivity (Wildman–Crippen MR) is 128 cm³/mol. The number of anilines is 2. The fourth-order valence-corrected chi connectivity index (χ4v) is 3.83. The van der Waals surface area contributed by atoms with Crippen molar-refractivity contribution in [3.63, 3.8) is 0 Å². The molecule has 168 valence electrons. The number of benzene rings is 1. The summed E-state index contributed by atoms with van der Waals surface area (Å²) >= 11 is 0. The molecule has 0 unspecified atom stereocenters. The van der Waals surface area contributed by atoms with E-state index in [1.807, 2.05) is 60.9 Å². The van der Waals surface area contributed by atoms with Crippen LogP contribution in [-0.4, -0.2) is 41.0 Å². The van der Waals surface area contributed by atoms with E-state index in [-0.39, 0.29) is 6.61 Å². The molecule has 34 heavy (non-hydrogen) atoms. The zero-order valence-electron chi connectivity index (χ0n) is 18.8. The number of nitriles is 1. The number of aliphatic hydroxyl groups is 1. The first-order valence-electron chi connectivity index (χ1n) is 10.8. The number of imidazole rings is 1. The van der Waals surface area contributed by atoms with E-state index in [1.165, 1.54) is 0 Å². The lowest BCUT2D eigenvalue weighted by molar-refractivity contribution is 0.299. The number of fused-ring (bicyclic) bond motifs is 1. The highest BCUT2D eigenvalue weighted by atomic mass is 16.3. The van der Waals surface area contributed by atoms with Crippen LogP contribution in [0.1, 0.15) is 22.6 Å². The van der Waals surface area contributed by atoms with Crippen LogP contribution in [0.2, 0.25) is 0 Å². The molecule has 4 heterocycles. The molecule has 0 aliphatic heterocycles. The number of aromatic nitrogens is 6. The number of hydrogen-bond acceptors (Lipinski definition) is 7. The molecular weight excluding hydrogens is 428 g/mol. The monoisotopic (exact) mass is 450 g/mol. The Kier molecular flexibility index (Phi) is 5.49. The van der Waals surface area contributed by atoms with Crippen LogP contribution in [0.15, 0.2) is 61.1 Å². The summed E-state index contributed by atoms with van der Waals surface area (Å²) in [6.07, 6.45) is 3.96. The standard InChI is InChI=1S/C25H22N8O/c1-16-3-5-20(14-27-16)29-19-6-7-23-22(12-19)28-15-32(23)24-8-4-18(9-10-34)25(30-24)33-17(2)11-21(13-26)31-33/h3-8,11-12,14-15,29,34H,9-10H2,1-2H3. The number of rotatable bonds is 6. The second-order valence-corrected chi connectivity index (χ2v) is 7.95. The fourth-order valence-electron chi connectivity index (χ4n) is 3.83. The number of nitrogens with zero attached hydrogens (tertiary/aromatic N) is 7. The zero-order chi connectivity index (χ0) is 23.7. The van der Waals surface area contributed by atoms with Crippen molar-refractivity contribution in [2.45, 2.75) is 20.3 Å². The summed E-state index contributed by atoms with van der Waals surface area (Å²) in [5.41, 5.74) is 6.43. The quantitative estimate of drug-likeness (QED) is 0.404. The van der Waals surface area contributed by atoms with Crippen molar-refractivity contribution in [1.82, 2.24) is 29.3 Å². The maximum Gasteiger partial charge on any atom is 0.163 e. The Morgan fingerprint density at radius 1 is 1.03 bits per heavy atom. The van der Waals surface area contributed by atoms with Crippen LogP contribution >= 0.6 is 0 Å². The average Bonchev–Trinajstić information content (AvgIpc) is 3.44. The number of pyridine rings is 2. The molecule has 5 rings (SSSR count). The van der Waals surface area contributed by atoms with Gasteiger partial charge < -0.3 is 10.4 Å². The van der Waals surface area contributed by atoms with Gasteiger partial charge >= 0.3 is 0 Å². The highest BCUT2D eigenvalue weighted by Crippen LogP contribution is 2.25. The van der Waals surface area contributed by atoms with Crippen molar-refractivity contribution in [1.29, 1.82) is 5.26 Å². The van der Waals surface area contributed by atoms with E-state index in [2.05, 4.69) is 26.5 Å². The van der Waals surface area contributed by atoms with Crippen LogP contribution in [-0.2, 0) is 6.42 Å². The minimum absolute atomic E-state index is 0.0142. The number of aliphatic hydroxyl groups excluding tert-OH is 1. The van der Waals surface area contributed by atoms with Crippen molar-refractivity contribution in [3.8, 4) is 17.7 Å². The first-order valence-corrected chi connectivity index (χ1v) is 10.8. The molecule has 1 aromatic carbocycles. The largest absolute Gasteiger partial charge is 0.396 e. The lowest BCUT2D eigenvalue weighted by Gasteiger charge is -2.12. The molecule has 0 atom stereocenters. The minimum atomic E-state index is -0.0142. The highest BCUT2D eigenvalue weighted by Gasteiger charge is 2.15. The van der Waals surface area contributed by atoms with Gasteiger partial charge in [-0.15, -0.1) is 0 Å². The minimum Gasteiger partial charge on any atom is -0.396 e. The van der Waals surface area contributed by atoms with Crippen molar-refractivity contribution in [2.75, 3.05) is 11.9 Å². The van der Waals surface area contributed by atoms with Gasteiger partial charge in [0.2, 0.25) is 0 Å². The Bertz CT molecular complexity index is 1530. The van der Waals surface area contributed by atoms with E-state index in [9.17, 15) is 10.4 Å². The lowest BCUT2D eigenvalue weighted by atomic mass is 10.2. The van der Waals surface area contributed by atoms with E-state index in [4.69, 9.17) is 4.98 Å². The number of hydrogen-bond donors (Lipinski definition) is 2. The van der Waals surface area contributed by atoms with Gasteiger partial charge in [-0.3, -0.25) is 9.55 Å². The molecular formula is C25H22N8O. The van der Waals surface area contributed by atoms with Gasteiger partial charge in [0.05, 0.1) is 22.9 Å².